The zero-order chi connectivity index (χ0) is 10.1. The summed E-state index contributed by atoms with van der Waals surface area (Å²) in [5.41, 5.74) is 2.50. The summed E-state index contributed by atoms with van der Waals surface area (Å²) in [4.78, 5) is 19.5. The predicted octanol–water partition coefficient (Wildman–Crippen LogP) is 0.897. The minimum Gasteiger partial charge on any atom is -0.465 e. The van der Waals surface area contributed by atoms with Gasteiger partial charge in [-0.25, -0.2) is 4.79 Å². The van der Waals surface area contributed by atoms with Gasteiger partial charge in [-0.1, -0.05) is 0 Å². The Balaban J connectivity index is 2.34. The number of ether oxygens (including phenoxy) is 1. The number of fused-ring (bicyclic) bond motifs is 1. The van der Waals surface area contributed by atoms with Crippen molar-refractivity contribution in [3.8, 4) is 0 Å². The molecule has 0 aromatic rings. The van der Waals surface area contributed by atoms with Gasteiger partial charge in [-0.2, -0.15) is 0 Å². The maximum absolute atomic E-state index is 11.2. The predicted molar refractivity (Wildman–Crippen MR) is 53.6 cm³/mol. The van der Waals surface area contributed by atoms with Gasteiger partial charge < -0.3 is 4.74 Å². The van der Waals surface area contributed by atoms with Gasteiger partial charge in [-0.3, -0.25) is 9.98 Å². The summed E-state index contributed by atoms with van der Waals surface area (Å²) in [6.07, 6.45) is 4.92. The smallest absolute Gasteiger partial charge is 0.339 e. The van der Waals surface area contributed by atoms with Crippen LogP contribution >= 0.6 is 0 Å². The molecule has 0 amide bonds. The van der Waals surface area contributed by atoms with Crippen LogP contribution in [0.1, 0.15) is 6.92 Å². The van der Waals surface area contributed by atoms with Crippen LogP contribution in [0, 0.1) is 0 Å². The molecule has 2 aliphatic heterocycles. The highest BCUT2D eigenvalue weighted by molar-refractivity contribution is 6.11. The summed E-state index contributed by atoms with van der Waals surface area (Å²) >= 11 is 0. The maximum Gasteiger partial charge on any atom is 0.339 e. The van der Waals surface area contributed by atoms with E-state index in [4.69, 9.17) is 0 Å². The fraction of sp³-hybridized carbons (Fsp3) is 0.300. The van der Waals surface area contributed by atoms with E-state index in [1.165, 1.54) is 13.3 Å². The second-order valence-electron chi connectivity index (χ2n) is 3.16. The Morgan fingerprint density at radius 2 is 2.14 bits per heavy atom. The number of rotatable bonds is 1. The van der Waals surface area contributed by atoms with Crippen molar-refractivity contribution >= 4 is 18.4 Å². The van der Waals surface area contributed by atoms with Crippen LogP contribution in [0.5, 0.6) is 0 Å². The Morgan fingerprint density at radius 3 is 2.86 bits per heavy atom. The van der Waals surface area contributed by atoms with Crippen LogP contribution in [0.3, 0.4) is 0 Å². The molecule has 0 fully saturated rings. The summed E-state index contributed by atoms with van der Waals surface area (Å²) in [5.74, 6) is -0.362. The van der Waals surface area contributed by atoms with Gasteiger partial charge in [0.05, 0.1) is 12.7 Å². The second-order valence-corrected chi connectivity index (χ2v) is 3.16. The highest BCUT2D eigenvalue weighted by Crippen LogP contribution is 2.24. The second kappa shape index (κ2) is 3.21. The molecule has 0 spiro atoms. The van der Waals surface area contributed by atoms with Crippen LogP contribution < -0.4 is 0 Å². The molecule has 0 aliphatic carbocycles. The van der Waals surface area contributed by atoms with Crippen molar-refractivity contribution in [1.82, 2.24) is 0 Å². The molecule has 72 valence electrons. The van der Waals surface area contributed by atoms with Crippen molar-refractivity contribution in [3.05, 3.63) is 22.8 Å². The molecule has 4 nitrogen and oxygen atoms in total. The normalized spacial score (nSPS) is 23.6. The highest BCUT2D eigenvalue weighted by Gasteiger charge is 2.22. The average Bonchev–Trinajstić information content (AvgIpc) is 2.59. The van der Waals surface area contributed by atoms with E-state index in [-0.39, 0.29) is 12.1 Å². The number of allylic oxidation sites excluding steroid dienone is 1. The van der Waals surface area contributed by atoms with E-state index in [9.17, 15) is 4.79 Å². The van der Waals surface area contributed by atoms with E-state index in [0.717, 1.165) is 11.1 Å². The van der Waals surface area contributed by atoms with Gasteiger partial charge in [0.1, 0.15) is 0 Å². The van der Waals surface area contributed by atoms with E-state index < -0.39 is 0 Å². The first-order chi connectivity index (χ1) is 6.72. The molecule has 4 heteroatoms. The van der Waals surface area contributed by atoms with Crippen molar-refractivity contribution in [1.29, 1.82) is 0 Å². The van der Waals surface area contributed by atoms with E-state index in [2.05, 4.69) is 14.7 Å². The van der Waals surface area contributed by atoms with E-state index in [0.29, 0.717) is 5.57 Å². The third kappa shape index (κ3) is 1.28. The van der Waals surface area contributed by atoms with Gasteiger partial charge in [-0.15, -0.1) is 0 Å². The lowest BCUT2D eigenvalue weighted by atomic mass is 10.0. The van der Waals surface area contributed by atoms with Gasteiger partial charge in [0, 0.05) is 18.0 Å². The standard InChI is InChI=1S/C10H10N2O2/c1-6-4-11-9-8(6)3-7(5-12-9)10(13)14-2/h3-5,9H,1-2H3/t9-/m0/s1. The number of nitrogens with zero attached hydrogens (tertiary/aromatic N) is 2. The Kier molecular flexibility index (Phi) is 2.04. The van der Waals surface area contributed by atoms with Crippen LogP contribution in [-0.2, 0) is 9.53 Å². The number of dihydropyridines is 1. The summed E-state index contributed by atoms with van der Waals surface area (Å²) in [6, 6.07) is 0. The molecule has 14 heavy (non-hydrogen) atoms. The SMILES string of the molecule is COC(=O)C1=CC2=C(C)C=N[C@H]2N=C1. The van der Waals surface area contributed by atoms with E-state index in [1.807, 2.05) is 6.92 Å². The first-order valence-corrected chi connectivity index (χ1v) is 4.29. The molecule has 1 atom stereocenters. The molecule has 0 N–H and O–H groups in total. The van der Waals surface area contributed by atoms with E-state index in [1.54, 1.807) is 12.3 Å². The number of carbonyl (C=O) groups excluding carboxylic acids is 1. The van der Waals surface area contributed by atoms with Crippen LogP contribution in [0.15, 0.2) is 32.8 Å². The number of methoxy groups -OCH3 is 1. The quantitative estimate of drug-likeness (QED) is 0.577. The molecular weight excluding hydrogens is 180 g/mol. The van der Waals surface area contributed by atoms with Crippen molar-refractivity contribution < 1.29 is 9.53 Å². The average molecular weight is 190 g/mol. The summed E-state index contributed by atoms with van der Waals surface area (Å²) in [7, 11) is 1.36. The van der Waals surface area contributed by atoms with Crippen LogP contribution in [-0.4, -0.2) is 31.7 Å². The highest BCUT2D eigenvalue weighted by atomic mass is 16.5. The van der Waals surface area contributed by atoms with Crippen molar-refractivity contribution in [2.45, 2.75) is 13.1 Å². The van der Waals surface area contributed by atoms with Crippen LogP contribution in [0.25, 0.3) is 0 Å². The molecule has 0 bridgehead atoms. The van der Waals surface area contributed by atoms with Gasteiger partial charge >= 0.3 is 5.97 Å². The summed E-state index contributed by atoms with van der Waals surface area (Å²) in [6.45, 7) is 1.95. The zero-order valence-corrected chi connectivity index (χ0v) is 8.02. The lowest BCUT2D eigenvalue weighted by Crippen LogP contribution is -2.14. The Labute approximate surface area is 81.7 Å². The van der Waals surface area contributed by atoms with Crippen molar-refractivity contribution in [3.63, 3.8) is 0 Å². The summed E-state index contributed by atoms with van der Waals surface area (Å²) in [5, 5.41) is 0. The summed E-state index contributed by atoms with van der Waals surface area (Å²) < 4.78 is 4.61. The molecule has 2 rings (SSSR count). The molecule has 2 aliphatic rings. The van der Waals surface area contributed by atoms with Crippen molar-refractivity contribution in [2.75, 3.05) is 7.11 Å². The minimum atomic E-state index is -0.362. The van der Waals surface area contributed by atoms with Crippen molar-refractivity contribution in [2.24, 2.45) is 9.98 Å². The Hall–Kier alpha value is -1.71. The number of hydrogen-bond acceptors (Lipinski definition) is 4. The molecule has 0 aromatic carbocycles. The third-order valence-electron chi connectivity index (χ3n) is 2.23. The minimum absolute atomic E-state index is 0.150. The van der Waals surface area contributed by atoms with E-state index >= 15 is 0 Å². The van der Waals surface area contributed by atoms with Gasteiger partial charge in [0.25, 0.3) is 0 Å². The molecule has 0 radical (unpaired) electrons. The Bertz CT molecular complexity index is 402. The lowest BCUT2D eigenvalue weighted by Gasteiger charge is -2.11. The Morgan fingerprint density at radius 1 is 1.43 bits per heavy atom. The fourth-order valence-corrected chi connectivity index (χ4v) is 1.43. The molecule has 0 aromatic heterocycles. The van der Waals surface area contributed by atoms with Crippen LogP contribution in [0.2, 0.25) is 0 Å². The zero-order valence-electron chi connectivity index (χ0n) is 8.02. The molecular formula is C10H10N2O2. The third-order valence-corrected chi connectivity index (χ3v) is 2.23. The van der Waals surface area contributed by atoms with Gasteiger partial charge in [-0.05, 0) is 18.6 Å². The molecule has 0 saturated carbocycles. The number of esters is 1. The fourth-order valence-electron chi connectivity index (χ4n) is 1.43. The molecule has 0 saturated heterocycles. The first kappa shape index (κ1) is 8.87. The number of hydrogen-bond donors (Lipinski definition) is 0. The lowest BCUT2D eigenvalue weighted by molar-refractivity contribution is -0.135. The maximum atomic E-state index is 11.2. The first-order valence-electron chi connectivity index (χ1n) is 4.29. The number of aliphatic imine (C=N–C) groups is 2. The number of carbonyl (C=O) groups is 1. The molecule has 2 heterocycles. The van der Waals surface area contributed by atoms with Gasteiger partial charge in [0.15, 0.2) is 6.17 Å². The van der Waals surface area contributed by atoms with Gasteiger partial charge in [0.2, 0.25) is 0 Å². The van der Waals surface area contributed by atoms with Crippen LogP contribution in [0.4, 0.5) is 0 Å². The topological polar surface area (TPSA) is 51.0 Å². The largest absolute Gasteiger partial charge is 0.465 e. The monoisotopic (exact) mass is 190 g/mol. The molecule has 0 unspecified atom stereocenters.